The van der Waals surface area contributed by atoms with E-state index in [1.54, 1.807) is 0 Å². The number of nitrogens with zero attached hydrogens (tertiary/aromatic N) is 1. The molecule has 0 aliphatic rings. The van der Waals surface area contributed by atoms with E-state index in [9.17, 15) is 0 Å². The third-order valence-corrected chi connectivity index (χ3v) is 4.49. The van der Waals surface area contributed by atoms with E-state index < -0.39 is 0 Å². The minimum atomic E-state index is 0.148. The van der Waals surface area contributed by atoms with Crippen LogP contribution in [0.1, 0.15) is 25.8 Å². The second kappa shape index (κ2) is 8.68. The Morgan fingerprint density at radius 1 is 0.962 bits per heavy atom. The quantitative estimate of drug-likeness (QED) is 0.435. The van der Waals surface area contributed by atoms with Crippen molar-refractivity contribution in [1.82, 2.24) is 0 Å². The molecule has 0 aromatic heterocycles. The topological polar surface area (TPSA) is 21.6 Å². The summed E-state index contributed by atoms with van der Waals surface area (Å²) < 4.78 is 5.79. The van der Waals surface area contributed by atoms with Crippen LogP contribution in [0.25, 0.3) is 11.1 Å². The third-order valence-electron chi connectivity index (χ3n) is 4.20. The first-order valence-corrected chi connectivity index (χ1v) is 9.19. The van der Waals surface area contributed by atoms with Crippen molar-refractivity contribution in [3.05, 3.63) is 83.4 Å². The summed E-state index contributed by atoms with van der Waals surface area (Å²) in [4.78, 5) is 4.53. The number of halogens is 1. The Hall–Kier alpha value is -2.58. The Bertz CT molecular complexity index is 872. The van der Waals surface area contributed by atoms with Crippen LogP contribution in [0.15, 0.2) is 77.8 Å². The standard InChI is InChI=1S/C23H22ClNO/c1-3-17(2)26-23-14-9-18(15-22(23)24)16-25-21-12-10-20(11-13-21)19-7-5-4-6-8-19/h4-17H,3H2,1-2H3/t17-/m1/s1. The van der Waals surface area contributed by atoms with Crippen LogP contribution < -0.4 is 4.74 Å². The number of hydrogen-bond donors (Lipinski definition) is 0. The molecule has 3 heteroatoms. The zero-order valence-corrected chi connectivity index (χ0v) is 15.8. The molecule has 3 aromatic rings. The van der Waals surface area contributed by atoms with E-state index in [0.29, 0.717) is 10.8 Å². The van der Waals surface area contributed by atoms with Crippen molar-refractivity contribution < 1.29 is 4.74 Å². The summed E-state index contributed by atoms with van der Waals surface area (Å²) in [6.45, 7) is 4.12. The maximum Gasteiger partial charge on any atom is 0.138 e. The van der Waals surface area contributed by atoms with Crippen molar-refractivity contribution in [2.45, 2.75) is 26.4 Å². The van der Waals surface area contributed by atoms with Gasteiger partial charge in [-0.1, -0.05) is 61.0 Å². The van der Waals surface area contributed by atoms with Gasteiger partial charge in [-0.25, -0.2) is 0 Å². The Labute approximate surface area is 160 Å². The fourth-order valence-corrected chi connectivity index (χ4v) is 2.75. The SMILES string of the molecule is CC[C@@H](C)Oc1ccc(C=Nc2ccc(-c3ccccc3)cc2)cc1Cl. The predicted octanol–water partition coefficient (Wildman–Crippen LogP) is 6.93. The van der Waals surface area contributed by atoms with Crippen LogP contribution in [0.5, 0.6) is 5.75 Å². The third kappa shape index (κ3) is 4.74. The summed E-state index contributed by atoms with van der Waals surface area (Å²) in [6, 6.07) is 24.2. The van der Waals surface area contributed by atoms with Gasteiger partial charge in [0.1, 0.15) is 5.75 Å². The normalized spacial score (nSPS) is 12.3. The zero-order valence-electron chi connectivity index (χ0n) is 15.0. The van der Waals surface area contributed by atoms with Crippen LogP contribution >= 0.6 is 11.6 Å². The molecule has 26 heavy (non-hydrogen) atoms. The number of ether oxygens (including phenoxy) is 1. The van der Waals surface area contributed by atoms with Crippen LogP contribution in [-0.2, 0) is 0 Å². The van der Waals surface area contributed by atoms with Crippen molar-refractivity contribution >= 4 is 23.5 Å². The van der Waals surface area contributed by atoms with Gasteiger partial charge < -0.3 is 4.74 Å². The second-order valence-corrected chi connectivity index (χ2v) is 6.60. The molecule has 0 fully saturated rings. The van der Waals surface area contributed by atoms with Gasteiger partial charge >= 0.3 is 0 Å². The minimum absolute atomic E-state index is 0.148. The van der Waals surface area contributed by atoms with Gasteiger partial charge in [-0.15, -0.1) is 0 Å². The summed E-state index contributed by atoms with van der Waals surface area (Å²) in [6.07, 6.45) is 2.91. The summed E-state index contributed by atoms with van der Waals surface area (Å²) in [5, 5.41) is 0.605. The maximum atomic E-state index is 6.31. The number of benzene rings is 3. The molecular formula is C23H22ClNO. The van der Waals surface area contributed by atoms with E-state index in [1.165, 1.54) is 11.1 Å². The fourth-order valence-electron chi connectivity index (χ4n) is 2.51. The number of aliphatic imine (C=N–C) groups is 1. The van der Waals surface area contributed by atoms with E-state index in [4.69, 9.17) is 16.3 Å². The van der Waals surface area contributed by atoms with Crippen molar-refractivity contribution in [3.63, 3.8) is 0 Å². The lowest BCUT2D eigenvalue weighted by molar-refractivity contribution is 0.217. The monoisotopic (exact) mass is 363 g/mol. The van der Waals surface area contributed by atoms with Crippen LogP contribution in [-0.4, -0.2) is 12.3 Å². The number of hydrogen-bond acceptors (Lipinski definition) is 2. The lowest BCUT2D eigenvalue weighted by Gasteiger charge is -2.13. The van der Waals surface area contributed by atoms with E-state index in [1.807, 2.05) is 61.7 Å². The molecule has 1 atom stereocenters. The van der Waals surface area contributed by atoms with Gasteiger partial charge in [0.25, 0.3) is 0 Å². The second-order valence-electron chi connectivity index (χ2n) is 6.20. The molecule has 3 aromatic carbocycles. The highest BCUT2D eigenvalue weighted by Crippen LogP contribution is 2.27. The molecule has 0 saturated heterocycles. The molecule has 0 bridgehead atoms. The summed E-state index contributed by atoms with van der Waals surface area (Å²) >= 11 is 6.31. The molecule has 0 saturated carbocycles. The van der Waals surface area contributed by atoms with Gasteiger partial charge in [0.15, 0.2) is 0 Å². The molecular weight excluding hydrogens is 342 g/mol. The van der Waals surface area contributed by atoms with E-state index in [-0.39, 0.29) is 6.10 Å². The molecule has 0 heterocycles. The van der Waals surface area contributed by atoms with Crippen molar-refractivity contribution in [3.8, 4) is 16.9 Å². The molecule has 0 unspecified atom stereocenters. The maximum absolute atomic E-state index is 6.31. The largest absolute Gasteiger partial charge is 0.489 e. The lowest BCUT2D eigenvalue weighted by atomic mass is 10.1. The van der Waals surface area contributed by atoms with E-state index >= 15 is 0 Å². The van der Waals surface area contributed by atoms with Crippen LogP contribution in [0, 0.1) is 0 Å². The molecule has 2 nitrogen and oxygen atoms in total. The first kappa shape index (κ1) is 18.2. The Morgan fingerprint density at radius 3 is 2.31 bits per heavy atom. The lowest BCUT2D eigenvalue weighted by Crippen LogP contribution is -2.09. The van der Waals surface area contributed by atoms with Crippen LogP contribution in [0.2, 0.25) is 5.02 Å². The van der Waals surface area contributed by atoms with Crippen molar-refractivity contribution in [2.75, 3.05) is 0 Å². The smallest absolute Gasteiger partial charge is 0.138 e. The van der Waals surface area contributed by atoms with Crippen LogP contribution in [0.4, 0.5) is 5.69 Å². The summed E-state index contributed by atoms with van der Waals surface area (Å²) in [5.41, 5.74) is 4.23. The summed E-state index contributed by atoms with van der Waals surface area (Å²) in [7, 11) is 0. The van der Waals surface area contributed by atoms with Gasteiger partial charge in [-0.05, 0) is 60.4 Å². The fraction of sp³-hybridized carbons (Fsp3) is 0.174. The Morgan fingerprint density at radius 2 is 1.65 bits per heavy atom. The molecule has 0 N–H and O–H groups in total. The molecule has 132 valence electrons. The Kier molecular flexibility index (Phi) is 6.08. The highest BCUT2D eigenvalue weighted by atomic mass is 35.5. The first-order chi connectivity index (χ1) is 12.7. The average Bonchev–Trinajstić information content (AvgIpc) is 2.69. The van der Waals surface area contributed by atoms with Crippen LogP contribution in [0.3, 0.4) is 0 Å². The zero-order chi connectivity index (χ0) is 18.4. The molecule has 0 spiro atoms. The van der Waals surface area contributed by atoms with E-state index in [0.717, 1.165) is 17.7 Å². The highest BCUT2D eigenvalue weighted by Gasteiger charge is 2.06. The van der Waals surface area contributed by atoms with Gasteiger partial charge in [-0.2, -0.15) is 0 Å². The molecule has 0 amide bonds. The van der Waals surface area contributed by atoms with E-state index in [2.05, 4.69) is 36.2 Å². The minimum Gasteiger partial charge on any atom is -0.489 e. The van der Waals surface area contributed by atoms with Gasteiger partial charge in [0, 0.05) is 6.21 Å². The molecule has 0 radical (unpaired) electrons. The predicted molar refractivity (Wildman–Crippen MR) is 111 cm³/mol. The molecule has 3 rings (SSSR count). The first-order valence-electron chi connectivity index (χ1n) is 8.81. The Balaban J connectivity index is 1.70. The van der Waals surface area contributed by atoms with Crippen molar-refractivity contribution in [2.24, 2.45) is 4.99 Å². The number of rotatable bonds is 6. The average molecular weight is 364 g/mol. The molecule has 0 aliphatic carbocycles. The van der Waals surface area contributed by atoms with Gasteiger partial charge in [0.05, 0.1) is 16.8 Å². The van der Waals surface area contributed by atoms with Gasteiger partial charge in [0.2, 0.25) is 0 Å². The molecule has 0 aliphatic heterocycles. The summed E-state index contributed by atoms with van der Waals surface area (Å²) in [5.74, 6) is 0.713. The highest BCUT2D eigenvalue weighted by molar-refractivity contribution is 6.32. The van der Waals surface area contributed by atoms with Crippen molar-refractivity contribution in [1.29, 1.82) is 0 Å². The van der Waals surface area contributed by atoms with Gasteiger partial charge in [-0.3, -0.25) is 4.99 Å².